The van der Waals surface area contributed by atoms with Crippen LogP contribution in [0.2, 0.25) is 0 Å². The molecule has 0 heterocycles. The van der Waals surface area contributed by atoms with E-state index in [1.807, 2.05) is 0 Å². The van der Waals surface area contributed by atoms with Crippen molar-refractivity contribution < 1.29 is 37.3 Å². The lowest BCUT2D eigenvalue weighted by molar-refractivity contribution is 0.275. The van der Waals surface area contributed by atoms with Crippen molar-refractivity contribution in [2.24, 2.45) is 25.6 Å². The highest BCUT2D eigenvalue weighted by Gasteiger charge is 2.19. The summed E-state index contributed by atoms with van der Waals surface area (Å²) in [7, 11) is -7.51. The molecule has 0 aliphatic heterocycles. The molecule has 0 spiro atoms. The minimum Gasteiger partial charge on any atom is -0.508 e. The predicted octanol–water partition coefficient (Wildman–Crippen LogP) is 4.17. The van der Waals surface area contributed by atoms with Crippen molar-refractivity contribution in [1.29, 1.82) is 0 Å². The number of nitrogens with one attached hydrogen (secondary N) is 1. The van der Waals surface area contributed by atoms with Gasteiger partial charge in [-0.1, -0.05) is 12.1 Å². The molecule has 0 fully saturated rings. The molecular weight excluding hydrogens is 588 g/mol. The van der Waals surface area contributed by atoms with E-state index in [0.717, 1.165) is 0 Å². The molecule has 0 radical (unpaired) electrons. The monoisotopic (exact) mass is 612 g/mol. The van der Waals surface area contributed by atoms with Gasteiger partial charge in [0.05, 0.1) is 46.5 Å². The lowest BCUT2D eigenvalue weighted by Crippen LogP contribution is -2.13. The summed E-state index contributed by atoms with van der Waals surface area (Å²) in [5, 5.41) is 59.7. The average molecular weight is 613 g/mol. The molecule has 218 valence electrons. The molecular formula is C26H24N6O8S2. The van der Waals surface area contributed by atoms with Gasteiger partial charge < -0.3 is 20.4 Å². The van der Waals surface area contributed by atoms with Crippen molar-refractivity contribution in [3.05, 3.63) is 83.9 Å². The van der Waals surface area contributed by atoms with Gasteiger partial charge in [-0.2, -0.15) is 20.5 Å². The Morgan fingerprint density at radius 1 is 0.667 bits per heavy atom. The van der Waals surface area contributed by atoms with Crippen LogP contribution in [-0.4, -0.2) is 37.3 Å². The number of azo groups is 2. The first kappa shape index (κ1) is 30.2. The third-order valence-electron chi connectivity index (χ3n) is 5.81. The number of hydrogen-bond donors (Lipinski definition) is 7. The number of sulfonamides is 1. The molecule has 0 bridgehead atoms. The number of thiol groups is 1. The van der Waals surface area contributed by atoms with Crippen LogP contribution in [0.4, 0.5) is 28.4 Å². The van der Waals surface area contributed by atoms with Gasteiger partial charge in [0.15, 0.2) is 0 Å². The second kappa shape index (κ2) is 12.8. The smallest absolute Gasteiger partial charge is 0.238 e. The van der Waals surface area contributed by atoms with Crippen LogP contribution in [0.1, 0.15) is 11.1 Å². The molecule has 42 heavy (non-hydrogen) atoms. The number of primary sulfonamides is 1. The maximum atomic E-state index is 12.6. The number of anilines is 1. The SMILES string of the molecule is NS(=O)(=O)c1cc(N=Nc2ccc(O)c(CO)c2)ccc1-c1ccc(N=Nc2ccc(O)c(CO)c2)cc1N[SH](=O)=O. The Kier molecular flexibility index (Phi) is 9.24. The zero-order chi connectivity index (χ0) is 30.4. The van der Waals surface area contributed by atoms with Crippen LogP contribution >= 0.6 is 0 Å². The third kappa shape index (κ3) is 7.31. The fourth-order valence-corrected chi connectivity index (χ4v) is 4.95. The Balaban J connectivity index is 1.73. The van der Waals surface area contributed by atoms with Crippen molar-refractivity contribution in [3.63, 3.8) is 0 Å². The number of benzene rings is 4. The van der Waals surface area contributed by atoms with Crippen LogP contribution in [0.25, 0.3) is 11.1 Å². The zero-order valence-electron chi connectivity index (χ0n) is 21.5. The topological polar surface area (TPSA) is 237 Å². The lowest BCUT2D eigenvalue weighted by Gasteiger charge is -2.13. The Morgan fingerprint density at radius 2 is 1.10 bits per heavy atom. The minimum absolute atomic E-state index is 0.00998. The molecule has 4 rings (SSSR count). The quantitative estimate of drug-likeness (QED) is 0.101. The highest BCUT2D eigenvalue weighted by atomic mass is 32.2. The van der Waals surface area contributed by atoms with E-state index >= 15 is 0 Å². The van der Waals surface area contributed by atoms with Crippen molar-refractivity contribution in [1.82, 2.24) is 0 Å². The Bertz CT molecular complexity index is 1880. The molecule has 7 N–H and O–H groups in total. The van der Waals surface area contributed by atoms with E-state index in [2.05, 4.69) is 25.2 Å². The molecule has 16 heteroatoms. The van der Waals surface area contributed by atoms with Crippen LogP contribution in [0, 0.1) is 0 Å². The first-order chi connectivity index (χ1) is 20.0. The normalized spacial score (nSPS) is 12.0. The Labute approximate surface area is 241 Å². The van der Waals surface area contributed by atoms with Crippen LogP contribution in [-0.2, 0) is 34.1 Å². The summed E-state index contributed by atoms with van der Waals surface area (Å²) in [5.74, 6) is -0.230. The van der Waals surface area contributed by atoms with E-state index in [-0.39, 0.29) is 61.4 Å². The summed E-state index contributed by atoms with van der Waals surface area (Å²) in [6.07, 6.45) is 0. The zero-order valence-corrected chi connectivity index (χ0v) is 23.2. The maximum absolute atomic E-state index is 12.6. The number of aromatic hydroxyl groups is 2. The second-order valence-electron chi connectivity index (χ2n) is 8.67. The van der Waals surface area contributed by atoms with E-state index in [4.69, 9.17) is 5.14 Å². The molecule has 0 atom stereocenters. The summed E-state index contributed by atoms with van der Waals surface area (Å²) < 4.78 is 50.5. The molecule has 4 aromatic carbocycles. The van der Waals surface area contributed by atoms with Crippen molar-refractivity contribution >= 4 is 49.4 Å². The van der Waals surface area contributed by atoms with E-state index in [9.17, 15) is 37.3 Å². The van der Waals surface area contributed by atoms with Crippen LogP contribution in [0.15, 0.2) is 98.1 Å². The van der Waals surface area contributed by atoms with Crippen LogP contribution in [0.5, 0.6) is 11.5 Å². The number of phenols is 2. The van der Waals surface area contributed by atoms with E-state index in [1.165, 1.54) is 72.8 Å². The number of nitrogens with two attached hydrogens (primary N) is 1. The molecule has 0 saturated carbocycles. The fraction of sp³-hybridized carbons (Fsp3) is 0.0769. The number of rotatable bonds is 10. The lowest BCUT2D eigenvalue weighted by atomic mass is 10.0. The van der Waals surface area contributed by atoms with Gasteiger partial charge >= 0.3 is 0 Å². The van der Waals surface area contributed by atoms with Gasteiger partial charge in [0.2, 0.25) is 20.9 Å². The first-order valence-corrected chi connectivity index (χ1v) is 14.6. The summed E-state index contributed by atoms with van der Waals surface area (Å²) in [6, 6.07) is 16.6. The van der Waals surface area contributed by atoms with Crippen molar-refractivity contribution in [3.8, 4) is 22.6 Å². The first-order valence-electron chi connectivity index (χ1n) is 11.9. The summed E-state index contributed by atoms with van der Waals surface area (Å²) >= 11 is 0. The van der Waals surface area contributed by atoms with Gasteiger partial charge in [-0.15, -0.1) is 0 Å². The van der Waals surface area contributed by atoms with Gasteiger partial charge in [-0.25, -0.2) is 22.0 Å². The van der Waals surface area contributed by atoms with Crippen LogP contribution < -0.4 is 9.86 Å². The molecule has 14 nitrogen and oxygen atoms in total. The van der Waals surface area contributed by atoms with Crippen molar-refractivity contribution in [2.75, 3.05) is 4.72 Å². The Morgan fingerprint density at radius 3 is 1.55 bits per heavy atom. The highest BCUT2D eigenvalue weighted by molar-refractivity contribution is 7.89. The molecule has 0 aliphatic carbocycles. The Hall–Kier alpha value is -4.74. The number of aliphatic hydroxyl groups is 2. The number of hydrogen-bond acceptors (Lipinski definition) is 12. The van der Waals surface area contributed by atoms with Gasteiger partial charge in [-0.05, 0) is 60.7 Å². The molecule has 0 aromatic heterocycles. The molecule has 0 unspecified atom stereocenters. The number of aliphatic hydroxyl groups excluding tert-OH is 2. The predicted molar refractivity (Wildman–Crippen MR) is 154 cm³/mol. The van der Waals surface area contributed by atoms with Gasteiger partial charge in [0.25, 0.3) is 0 Å². The number of nitrogens with zero attached hydrogens (tertiary/aromatic N) is 4. The molecule has 0 saturated heterocycles. The van der Waals surface area contributed by atoms with Gasteiger partial charge in [-0.3, -0.25) is 4.72 Å². The standard InChI is InChI=1S/C26H24N6O8S2/c27-42(39,40)26-12-20(31-29-18-4-8-25(36)16(10-18)14-34)2-6-22(26)21-5-1-19(11-23(21)32-41(37)38)30-28-17-3-7-24(35)15(9-17)13-33/h1-12,33-36,41H,13-14H2,(H2,27,39,40)(H,32,37,38). The minimum atomic E-state index is -4.34. The fourth-order valence-electron chi connectivity index (χ4n) is 3.80. The summed E-state index contributed by atoms with van der Waals surface area (Å²) in [5.41, 5.74) is 1.59. The van der Waals surface area contributed by atoms with Crippen LogP contribution in [0.3, 0.4) is 0 Å². The van der Waals surface area contributed by atoms with E-state index in [0.29, 0.717) is 5.69 Å². The highest BCUT2D eigenvalue weighted by Crippen LogP contribution is 2.38. The average Bonchev–Trinajstić information content (AvgIpc) is 2.95. The van der Waals surface area contributed by atoms with Crippen molar-refractivity contribution in [2.45, 2.75) is 18.1 Å². The summed E-state index contributed by atoms with van der Waals surface area (Å²) in [4.78, 5) is -0.361. The molecule has 0 amide bonds. The van der Waals surface area contributed by atoms with E-state index < -0.39 is 34.1 Å². The molecule has 4 aromatic rings. The largest absolute Gasteiger partial charge is 0.508 e. The third-order valence-corrected chi connectivity index (χ3v) is 7.18. The molecule has 0 aliphatic rings. The van der Waals surface area contributed by atoms with Gasteiger partial charge in [0.1, 0.15) is 11.5 Å². The maximum Gasteiger partial charge on any atom is 0.238 e. The second-order valence-corrected chi connectivity index (χ2v) is 10.9. The van der Waals surface area contributed by atoms with Gasteiger partial charge in [0, 0.05) is 22.3 Å². The summed E-state index contributed by atoms with van der Waals surface area (Å²) in [6.45, 7) is -0.838. The van der Waals surface area contributed by atoms with E-state index in [1.54, 1.807) is 0 Å².